The molecule has 2 rings (SSSR count). The van der Waals surface area contributed by atoms with E-state index in [2.05, 4.69) is 22.0 Å². The smallest absolute Gasteiger partial charge is 0.128 e. The molecule has 0 aliphatic heterocycles. The molecule has 4 heteroatoms. The Labute approximate surface area is 118 Å². The molecule has 0 unspecified atom stereocenters. The van der Waals surface area contributed by atoms with Crippen LogP contribution in [0.5, 0.6) is 5.75 Å². The summed E-state index contributed by atoms with van der Waals surface area (Å²) in [5, 5.41) is 0. The van der Waals surface area contributed by atoms with Gasteiger partial charge in [0.2, 0.25) is 0 Å². The molecule has 0 radical (unpaired) electrons. The molecule has 19 heavy (non-hydrogen) atoms. The predicted molar refractivity (Wildman–Crippen MR) is 78.9 cm³/mol. The van der Waals surface area contributed by atoms with E-state index in [0.29, 0.717) is 5.88 Å². The highest BCUT2D eigenvalue weighted by molar-refractivity contribution is 6.17. The predicted octanol–water partition coefficient (Wildman–Crippen LogP) is 3.47. The van der Waals surface area contributed by atoms with Gasteiger partial charge in [-0.15, -0.1) is 11.6 Å². The lowest BCUT2D eigenvalue weighted by Gasteiger charge is -2.18. The van der Waals surface area contributed by atoms with Crippen LogP contribution in [0.2, 0.25) is 0 Å². The molecule has 0 fully saturated rings. The number of rotatable bonds is 5. The number of hydrogen-bond donors (Lipinski definition) is 0. The molecule has 1 aromatic carbocycles. The molecule has 2 aromatic rings. The standard InChI is InChI=1S/C15H17ClN2O/c1-18(15-8-5-13(9-16)10-17-15)11-12-3-6-14(19-2)7-4-12/h3-8,10H,9,11H2,1-2H3. The second kappa shape index (κ2) is 6.43. The fraction of sp³-hybridized carbons (Fsp3) is 0.267. The Balaban J connectivity index is 2.04. The third-order valence-electron chi connectivity index (χ3n) is 2.93. The van der Waals surface area contributed by atoms with Gasteiger partial charge in [-0.1, -0.05) is 18.2 Å². The van der Waals surface area contributed by atoms with Crippen molar-refractivity contribution in [1.82, 2.24) is 4.98 Å². The highest BCUT2D eigenvalue weighted by atomic mass is 35.5. The number of pyridine rings is 1. The highest BCUT2D eigenvalue weighted by Gasteiger charge is 2.04. The maximum absolute atomic E-state index is 5.75. The van der Waals surface area contributed by atoms with Gasteiger partial charge in [0.1, 0.15) is 11.6 Å². The maximum Gasteiger partial charge on any atom is 0.128 e. The topological polar surface area (TPSA) is 25.4 Å². The van der Waals surface area contributed by atoms with Crippen molar-refractivity contribution < 1.29 is 4.74 Å². The fourth-order valence-electron chi connectivity index (χ4n) is 1.81. The van der Waals surface area contributed by atoms with Gasteiger partial charge >= 0.3 is 0 Å². The number of alkyl halides is 1. The lowest BCUT2D eigenvalue weighted by molar-refractivity contribution is 0.414. The van der Waals surface area contributed by atoms with Crippen LogP contribution in [-0.2, 0) is 12.4 Å². The van der Waals surface area contributed by atoms with Gasteiger partial charge in [0, 0.05) is 25.7 Å². The number of anilines is 1. The minimum atomic E-state index is 0.496. The summed E-state index contributed by atoms with van der Waals surface area (Å²) in [5.41, 5.74) is 2.25. The summed E-state index contributed by atoms with van der Waals surface area (Å²) >= 11 is 5.75. The maximum atomic E-state index is 5.75. The lowest BCUT2D eigenvalue weighted by atomic mass is 10.2. The Morgan fingerprint density at radius 2 is 1.79 bits per heavy atom. The summed E-state index contributed by atoms with van der Waals surface area (Å²) in [6.45, 7) is 0.803. The molecular weight excluding hydrogens is 260 g/mol. The molecule has 0 amide bonds. The third kappa shape index (κ3) is 3.61. The lowest BCUT2D eigenvalue weighted by Crippen LogP contribution is -2.17. The normalized spacial score (nSPS) is 10.3. The molecule has 1 heterocycles. The quantitative estimate of drug-likeness (QED) is 0.782. The van der Waals surface area contributed by atoms with E-state index < -0.39 is 0 Å². The van der Waals surface area contributed by atoms with E-state index in [1.807, 2.05) is 37.5 Å². The Morgan fingerprint density at radius 1 is 1.11 bits per heavy atom. The zero-order valence-corrected chi connectivity index (χ0v) is 11.9. The molecule has 0 aliphatic rings. The van der Waals surface area contributed by atoms with Crippen molar-refractivity contribution in [2.45, 2.75) is 12.4 Å². The van der Waals surface area contributed by atoms with Crippen LogP contribution in [0.3, 0.4) is 0 Å². The van der Waals surface area contributed by atoms with Crippen molar-refractivity contribution >= 4 is 17.4 Å². The first-order valence-corrected chi connectivity index (χ1v) is 6.61. The summed E-state index contributed by atoms with van der Waals surface area (Å²) in [4.78, 5) is 6.49. The molecule has 0 bridgehead atoms. The summed E-state index contributed by atoms with van der Waals surface area (Å²) in [7, 11) is 3.69. The molecule has 0 saturated heterocycles. The molecule has 1 aromatic heterocycles. The largest absolute Gasteiger partial charge is 0.497 e. The van der Waals surface area contributed by atoms with Crippen molar-refractivity contribution in [2.75, 3.05) is 19.1 Å². The van der Waals surface area contributed by atoms with E-state index in [1.165, 1.54) is 5.56 Å². The van der Waals surface area contributed by atoms with E-state index in [4.69, 9.17) is 16.3 Å². The minimum absolute atomic E-state index is 0.496. The van der Waals surface area contributed by atoms with Gasteiger partial charge in [0.15, 0.2) is 0 Å². The number of halogens is 1. The van der Waals surface area contributed by atoms with Crippen LogP contribution in [0.4, 0.5) is 5.82 Å². The Kier molecular flexibility index (Phi) is 4.63. The van der Waals surface area contributed by atoms with Gasteiger partial charge in [-0.2, -0.15) is 0 Å². The number of methoxy groups -OCH3 is 1. The minimum Gasteiger partial charge on any atom is -0.497 e. The SMILES string of the molecule is COc1ccc(CN(C)c2ccc(CCl)cn2)cc1. The Morgan fingerprint density at radius 3 is 2.32 bits per heavy atom. The summed E-state index contributed by atoms with van der Waals surface area (Å²) in [6.07, 6.45) is 1.81. The van der Waals surface area contributed by atoms with Gasteiger partial charge in [0.25, 0.3) is 0 Å². The zero-order valence-electron chi connectivity index (χ0n) is 11.1. The number of ether oxygens (including phenoxy) is 1. The molecule has 0 aliphatic carbocycles. The zero-order chi connectivity index (χ0) is 13.7. The number of aromatic nitrogens is 1. The van der Waals surface area contributed by atoms with Crippen molar-refractivity contribution in [2.24, 2.45) is 0 Å². The van der Waals surface area contributed by atoms with Crippen LogP contribution in [0.1, 0.15) is 11.1 Å². The first-order chi connectivity index (χ1) is 9.22. The van der Waals surface area contributed by atoms with Gasteiger partial charge in [-0.3, -0.25) is 0 Å². The molecule has 0 N–H and O–H groups in total. The number of hydrogen-bond acceptors (Lipinski definition) is 3. The van der Waals surface area contributed by atoms with Crippen molar-refractivity contribution in [3.63, 3.8) is 0 Å². The van der Waals surface area contributed by atoms with Crippen LogP contribution in [-0.4, -0.2) is 19.1 Å². The average molecular weight is 277 g/mol. The fourth-order valence-corrected chi connectivity index (χ4v) is 1.97. The van der Waals surface area contributed by atoms with Crippen molar-refractivity contribution in [3.05, 3.63) is 53.7 Å². The second-order valence-corrected chi connectivity index (χ2v) is 4.63. The van der Waals surface area contributed by atoms with E-state index in [1.54, 1.807) is 7.11 Å². The molecule has 3 nitrogen and oxygen atoms in total. The van der Waals surface area contributed by atoms with Crippen molar-refractivity contribution in [1.29, 1.82) is 0 Å². The van der Waals surface area contributed by atoms with Crippen LogP contribution < -0.4 is 9.64 Å². The molecule has 100 valence electrons. The van der Waals surface area contributed by atoms with Crippen LogP contribution >= 0.6 is 11.6 Å². The van der Waals surface area contributed by atoms with Gasteiger partial charge in [-0.05, 0) is 29.3 Å². The molecular formula is C15H17ClN2O. The van der Waals surface area contributed by atoms with Crippen LogP contribution in [0.25, 0.3) is 0 Å². The third-order valence-corrected chi connectivity index (χ3v) is 3.24. The Hall–Kier alpha value is -1.74. The van der Waals surface area contributed by atoms with Gasteiger partial charge in [0.05, 0.1) is 7.11 Å². The van der Waals surface area contributed by atoms with E-state index >= 15 is 0 Å². The van der Waals surface area contributed by atoms with Gasteiger partial charge in [-0.25, -0.2) is 4.98 Å². The van der Waals surface area contributed by atoms with Gasteiger partial charge < -0.3 is 9.64 Å². The van der Waals surface area contributed by atoms with Crippen LogP contribution in [0, 0.1) is 0 Å². The first kappa shape index (κ1) is 13.7. The Bertz CT molecular complexity index is 511. The van der Waals surface area contributed by atoms with E-state index in [9.17, 15) is 0 Å². The van der Waals surface area contributed by atoms with E-state index in [0.717, 1.165) is 23.7 Å². The number of nitrogens with zero attached hydrogens (tertiary/aromatic N) is 2. The van der Waals surface area contributed by atoms with Crippen molar-refractivity contribution in [3.8, 4) is 5.75 Å². The van der Waals surface area contributed by atoms with E-state index in [-0.39, 0.29) is 0 Å². The summed E-state index contributed by atoms with van der Waals surface area (Å²) in [5.74, 6) is 2.30. The monoisotopic (exact) mass is 276 g/mol. The molecule has 0 spiro atoms. The first-order valence-electron chi connectivity index (χ1n) is 6.08. The highest BCUT2D eigenvalue weighted by Crippen LogP contribution is 2.16. The summed E-state index contributed by atoms with van der Waals surface area (Å²) < 4.78 is 5.15. The molecule has 0 saturated carbocycles. The summed E-state index contributed by atoms with van der Waals surface area (Å²) in [6, 6.07) is 12.0. The molecule has 0 atom stereocenters. The van der Waals surface area contributed by atoms with Crippen LogP contribution in [0.15, 0.2) is 42.6 Å². The number of benzene rings is 1. The second-order valence-electron chi connectivity index (χ2n) is 4.36. The average Bonchev–Trinajstić information content (AvgIpc) is 2.48.